The van der Waals surface area contributed by atoms with Gasteiger partial charge in [-0.25, -0.2) is 13.1 Å². The van der Waals surface area contributed by atoms with Crippen LogP contribution in [-0.2, 0) is 10.0 Å². The number of nitrogens with one attached hydrogen (secondary N) is 1. The highest BCUT2D eigenvalue weighted by atomic mass is 32.2. The molecule has 3 nitrogen and oxygen atoms in total. The lowest BCUT2D eigenvalue weighted by Crippen LogP contribution is -2.41. The minimum Gasteiger partial charge on any atom is -0.215 e. The van der Waals surface area contributed by atoms with Crippen molar-refractivity contribution >= 4 is 10.0 Å². The summed E-state index contributed by atoms with van der Waals surface area (Å²) in [6.07, 6.45) is 1.00. The van der Waals surface area contributed by atoms with E-state index < -0.39 is 10.0 Å². The van der Waals surface area contributed by atoms with Gasteiger partial charge in [-0.2, -0.15) is 0 Å². The van der Waals surface area contributed by atoms with Crippen molar-refractivity contribution in [1.29, 1.82) is 0 Å². The van der Waals surface area contributed by atoms with E-state index in [4.69, 9.17) is 0 Å². The normalized spacial score (nSPS) is 36.9. The standard InChI is InChI=1S/C11H13NO2S/c13-15(14)11-9(7-12-15)6-10(11)8-4-2-1-3-5-8/h1-5,9-12H,6-7H2. The van der Waals surface area contributed by atoms with Crippen molar-refractivity contribution in [3.05, 3.63) is 35.9 Å². The average molecular weight is 223 g/mol. The summed E-state index contributed by atoms with van der Waals surface area (Å²) in [7, 11) is -3.03. The van der Waals surface area contributed by atoms with Gasteiger partial charge in [0, 0.05) is 12.5 Å². The van der Waals surface area contributed by atoms with E-state index in [1.165, 1.54) is 0 Å². The summed E-state index contributed by atoms with van der Waals surface area (Å²) in [6.45, 7) is 0.635. The topological polar surface area (TPSA) is 46.2 Å². The fourth-order valence-corrected chi connectivity index (χ4v) is 4.80. The third-order valence-electron chi connectivity index (χ3n) is 3.55. The number of rotatable bonds is 1. The van der Waals surface area contributed by atoms with Crippen molar-refractivity contribution in [3.63, 3.8) is 0 Å². The third kappa shape index (κ3) is 1.32. The summed E-state index contributed by atoms with van der Waals surface area (Å²) in [5.74, 6) is 0.538. The Morgan fingerprint density at radius 1 is 1.20 bits per heavy atom. The summed E-state index contributed by atoms with van der Waals surface area (Å²) in [5, 5.41) is -0.181. The SMILES string of the molecule is O=S1(=O)NCC2CC(c3ccccc3)C21. The molecule has 1 N–H and O–H groups in total. The fraction of sp³-hybridized carbons (Fsp3) is 0.455. The number of sulfonamides is 1. The minimum absolute atomic E-state index is 0.181. The second-order valence-electron chi connectivity index (χ2n) is 4.37. The van der Waals surface area contributed by atoms with Crippen LogP contribution in [0.4, 0.5) is 0 Å². The van der Waals surface area contributed by atoms with Crippen LogP contribution in [-0.4, -0.2) is 20.2 Å². The highest BCUT2D eigenvalue weighted by Gasteiger charge is 2.53. The van der Waals surface area contributed by atoms with E-state index in [0.717, 1.165) is 12.0 Å². The van der Waals surface area contributed by atoms with Gasteiger partial charge < -0.3 is 0 Å². The Balaban J connectivity index is 1.93. The summed E-state index contributed by atoms with van der Waals surface area (Å²) in [6, 6.07) is 9.94. The molecule has 1 aliphatic heterocycles. The predicted octanol–water partition coefficient (Wildman–Crippen LogP) is 1.09. The van der Waals surface area contributed by atoms with Crippen LogP contribution in [0.3, 0.4) is 0 Å². The maximum absolute atomic E-state index is 11.7. The van der Waals surface area contributed by atoms with Crippen molar-refractivity contribution in [2.75, 3.05) is 6.54 Å². The second kappa shape index (κ2) is 3.06. The molecular weight excluding hydrogens is 210 g/mol. The molecule has 4 heteroatoms. The first-order valence-electron chi connectivity index (χ1n) is 5.22. The molecule has 0 amide bonds. The molecule has 1 saturated carbocycles. The van der Waals surface area contributed by atoms with Crippen molar-refractivity contribution in [2.45, 2.75) is 17.6 Å². The van der Waals surface area contributed by atoms with Gasteiger partial charge in [0.15, 0.2) is 0 Å². The smallest absolute Gasteiger partial charge is 0.215 e. The Hall–Kier alpha value is -0.870. The largest absolute Gasteiger partial charge is 0.215 e. The Labute approximate surface area is 89.6 Å². The molecular formula is C11H13NO2S. The van der Waals surface area contributed by atoms with Gasteiger partial charge in [0.1, 0.15) is 0 Å². The molecule has 3 unspecified atom stereocenters. The summed E-state index contributed by atoms with van der Waals surface area (Å²) in [4.78, 5) is 0. The van der Waals surface area contributed by atoms with Gasteiger partial charge in [0.25, 0.3) is 0 Å². The van der Waals surface area contributed by atoms with Crippen LogP contribution in [0.25, 0.3) is 0 Å². The second-order valence-corrected chi connectivity index (χ2v) is 6.29. The molecule has 0 radical (unpaired) electrons. The molecule has 80 valence electrons. The lowest BCUT2D eigenvalue weighted by molar-refractivity contribution is 0.294. The molecule has 1 aliphatic carbocycles. The molecule has 1 aromatic rings. The summed E-state index contributed by atoms with van der Waals surface area (Å²) < 4.78 is 26.0. The van der Waals surface area contributed by atoms with Crippen LogP contribution in [0.2, 0.25) is 0 Å². The zero-order valence-electron chi connectivity index (χ0n) is 8.26. The lowest BCUT2D eigenvalue weighted by atomic mass is 9.71. The number of hydrogen-bond donors (Lipinski definition) is 1. The van der Waals surface area contributed by atoms with E-state index in [2.05, 4.69) is 4.72 Å². The van der Waals surface area contributed by atoms with Gasteiger partial charge in [-0.05, 0) is 17.9 Å². The zero-order valence-corrected chi connectivity index (χ0v) is 9.07. The molecule has 0 aromatic heterocycles. The van der Waals surface area contributed by atoms with E-state index in [1.54, 1.807) is 0 Å². The first-order chi connectivity index (χ1) is 7.18. The third-order valence-corrected chi connectivity index (χ3v) is 5.55. The van der Waals surface area contributed by atoms with Crippen LogP contribution in [0.5, 0.6) is 0 Å². The van der Waals surface area contributed by atoms with Crippen molar-refractivity contribution < 1.29 is 8.42 Å². The summed E-state index contributed by atoms with van der Waals surface area (Å²) in [5.41, 5.74) is 1.16. The van der Waals surface area contributed by atoms with Gasteiger partial charge in [0.2, 0.25) is 10.0 Å². The molecule has 3 rings (SSSR count). The maximum Gasteiger partial charge on any atom is 0.215 e. The van der Waals surface area contributed by atoms with E-state index in [0.29, 0.717) is 12.5 Å². The van der Waals surface area contributed by atoms with Crippen molar-refractivity contribution in [3.8, 4) is 0 Å². The zero-order chi connectivity index (χ0) is 10.5. The van der Waals surface area contributed by atoms with Crippen molar-refractivity contribution in [1.82, 2.24) is 4.72 Å². The first-order valence-corrected chi connectivity index (χ1v) is 6.76. The van der Waals surface area contributed by atoms with E-state index >= 15 is 0 Å². The predicted molar refractivity (Wildman–Crippen MR) is 58.0 cm³/mol. The molecule has 2 fully saturated rings. The van der Waals surface area contributed by atoms with Crippen LogP contribution in [0.15, 0.2) is 30.3 Å². The van der Waals surface area contributed by atoms with E-state index in [9.17, 15) is 8.42 Å². The van der Waals surface area contributed by atoms with Crippen LogP contribution < -0.4 is 4.72 Å². The van der Waals surface area contributed by atoms with Crippen LogP contribution >= 0.6 is 0 Å². The van der Waals surface area contributed by atoms with Gasteiger partial charge in [-0.1, -0.05) is 30.3 Å². The highest BCUT2D eigenvalue weighted by molar-refractivity contribution is 7.90. The lowest BCUT2D eigenvalue weighted by Gasteiger charge is -2.38. The molecule has 2 aliphatic rings. The quantitative estimate of drug-likeness (QED) is 0.774. The Morgan fingerprint density at radius 2 is 1.93 bits per heavy atom. The van der Waals surface area contributed by atoms with Crippen molar-refractivity contribution in [2.24, 2.45) is 5.92 Å². The molecule has 1 saturated heterocycles. The maximum atomic E-state index is 11.7. The molecule has 1 aromatic carbocycles. The van der Waals surface area contributed by atoms with Gasteiger partial charge >= 0.3 is 0 Å². The average Bonchev–Trinajstić information content (AvgIpc) is 2.38. The van der Waals surface area contributed by atoms with E-state index in [1.807, 2.05) is 30.3 Å². The van der Waals surface area contributed by atoms with Gasteiger partial charge in [0.05, 0.1) is 5.25 Å². The number of benzene rings is 1. The van der Waals surface area contributed by atoms with E-state index in [-0.39, 0.29) is 11.2 Å². The molecule has 15 heavy (non-hydrogen) atoms. The number of fused-ring (bicyclic) bond motifs is 1. The number of hydrogen-bond acceptors (Lipinski definition) is 2. The minimum atomic E-state index is -3.03. The Kier molecular flexibility index (Phi) is 1.91. The highest BCUT2D eigenvalue weighted by Crippen LogP contribution is 2.48. The van der Waals surface area contributed by atoms with Gasteiger partial charge in [-0.3, -0.25) is 0 Å². The first kappa shape index (κ1) is 9.36. The van der Waals surface area contributed by atoms with Gasteiger partial charge in [-0.15, -0.1) is 0 Å². The molecule has 1 heterocycles. The molecule has 0 spiro atoms. The Morgan fingerprint density at radius 3 is 2.60 bits per heavy atom. The van der Waals surface area contributed by atoms with Crippen LogP contribution in [0, 0.1) is 5.92 Å². The monoisotopic (exact) mass is 223 g/mol. The summed E-state index contributed by atoms with van der Waals surface area (Å²) >= 11 is 0. The molecule has 0 bridgehead atoms. The fourth-order valence-electron chi connectivity index (χ4n) is 2.74. The van der Waals surface area contributed by atoms with Crippen LogP contribution in [0.1, 0.15) is 17.9 Å². The Bertz CT molecular complexity index is 469. The molecule has 3 atom stereocenters.